The first-order valence-electron chi connectivity index (χ1n) is 14.3. The van der Waals surface area contributed by atoms with Gasteiger partial charge in [-0.2, -0.15) is 0 Å². The van der Waals surface area contributed by atoms with Crippen LogP contribution in [0.5, 0.6) is 11.5 Å². The van der Waals surface area contributed by atoms with Crippen LogP contribution in [-0.4, -0.2) is 55.7 Å². The third-order valence-corrected chi connectivity index (χ3v) is 6.55. The number of hydrogen-bond acceptors (Lipinski definition) is 7. The van der Waals surface area contributed by atoms with Gasteiger partial charge in [-0.1, -0.05) is 70.2 Å². The Morgan fingerprint density at radius 3 is 2.27 bits per heavy atom. The molecule has 41 heavy (non-hydrogen) atoms. The van der Waals surface area contributed by atoms with E-state index in [-0.39, 0.29) is 11.8 Å². The van der Waals surface area contributed by atoms with Crippen LogP contribution in [0.15, 0.2) is 72.8 Å². The second-order valence-corrected chi connectivity index (χ2v) is 10.3. The van der Waals surface area contributed by atoms with Crippen LogP contribution in [-0.2, 0) is 22.6 Å². The topological polar surface area (TPSA) is 103 Å². The van der Waals surface area contributed by atoms with E-state index in [9.17, 15) is 9.59 Å². The molecule has 3 aromatic carbocycles. The zero-order valence-electron chi connectivity index (χ0n) is 24.6. The highest BCUT2D eigenvalue weighted by molar-refractivity contribution is 5.97. The minimum absolute atomic E-state index is 0.255. The fourth-order valence-electron chi connectivity index (χ4n) is 4.05. The zero-order valence-corrected chi connectivity index (χ0v) is 24.6. The van der Waals surface area contributed by atoms with Gasteiger partial charge in [0.05, 0.1) is 23.9 Å². The van der Waals surface area contributed by atoms with Gasteiger partial charge in [-0.15, -0.1) is 0 Å². The first-order chi connectivity index (χ1) is 19.8. The Labute approximate surface area is 243 Å². The lowest BCUT2D eigenvalue weighted by Crippen LogP contribution is -2.37. The number of nitrogens with two attached hydrogens (primary N) is 1. The van der Waals surface area contributed by atoms with Gasteiger partial charge < -0.3 is 30.2 Å². The fraction of sp³-hybridized carbons (Fsp3) is 0.394. The maximum Gasteiger partial charge on any atom is 0.338 e. The van der Waals surface area contributed by atoms with Crippen LogP contribution < -0.4 is 20.5 Å². The molecule has 3 aromatic rings. The maximum atomic E-state index is 13.0. The van der Waals surface area contributed by atoms with Crippen molar-refractivity contribution in [1.82, 2.24) is 4.90 Å². The van der Waals surface area contributed by atoms with Crippen LogP contribution in [0.4, 0.5) is 5.69 Å². The van der Waals surface area contributed by atoms with E-state index >= 15 is 0 Å². The minimum Gasteiger partial charge on any atom is -0.491 e. The summed E-state index contributed by atoms with van der Waals surface area (Å²) >= 11 is 0. The smallest absolute Gasteiger partial charge is 0.338 e. The van der Waals surface area contributed by atoms with Crippen molar-refractivity contribution >= 4 is 17.6 Å². The van der Waals surface area contributed by atoms with E-state index in [1.165, 1.54) is 0 Å². The predicted molar refractivity (Wildman–Crippen MR) is 162 cm³/mol. The number of benzene rings is 3. The summed E-state index contributed by atoms with van der Waals surface area (Å²) in [5.41, 5.74) is 9.08. The molecule has 0 saturated heterocycles. The Kier molecular flexibility index (Phi) is 12.7. The molecule has 1 amide bonds. The van der Waals surface area contributed by atoms with Crippen molar-refractivity contribution in [3.63, 3.8) is 0 Å². The fourth-order valence-corrected chi connectivity index (χ4v) is 4.05. The Bertz CT molecular complexity index is 1230. The largest absolute Gasteiger partial charge is 0.491 e. The molecule has 0 unspecified atom stereocenters. The summed E-state index contributed by atoms with van der Waals surface area (Å²) in [5.74, 6) is 0.618. The van der Waals surface area contributed by atoms with Crippen molar-refractivity contribution in [2.24, 2.45) is 11.7 Å². The summed E-state index contributed by atoms with van der Waals surface area (Å²) in [6.07, 6.45) is 0.351. The Balaban J connectivity index is 1.59. The molecule has 0 aliphatic heterocycles. The number of likely N-dealkylation sites (N-methyl/N-ethyl adjacent to an activating group) is 1. The molecule has 0 fully saturated rings. The van der Waals surface area contributed by atoms with Crippen molar-refractivity contribution in [2.45, 2.75) is 46.8 Å². The van der Waals surface area contributed by atoms with Crippen LogP contribution in [0.3, 0.4) is 0 Å². The van der Waals surface area contributed by atoms with Gasteiger partial charge in [-0.3, -0.25) is 4.79 Å². The first kappa shape index (κ1) is 31.6. The molecular formula is C33H43N3O5. The molecule has 0 saturated carbocycles. The normalized spacial score (nSPS) is 11.8. The molecule has 8 nitrogen and oxygen atoms in total. The molecule has 3 rings (SSSR count). The SMILES string of the molecule is CCN(CC)CCOC(=O)c1ccc(NC(=O)[C@H](N)Cc2ccc(OCc3ccccc3)cc2)c(OCC(C)C)c1. The number of carbonyl (C=O) groups is 2. The maximum absolute atomic E-state index is 13.0. The summed E-state index contributed by atoms with van der Waals surface area (Å²) in [6, 6.07) is 21.6. The van der Waals surface area contributed by atoms with Gasteiger partial charge in [0.25, 0.3) is 0 Å². The molecular weight excluding hydrogens is 518 g/mol. The standard InChI is InChI=1S/C33H43N3O5/c1-5-36(6-2)18-19-39-33(38)27-14-17-30(31(21-27)41-22-24(3)4)35-32(37)29(34)20-25-12-15-28(16-13-25)40-23-26-10-8-7-9-11-26/h7-17,21,24,29H,5-6,18-20,22-23,34H2,1-4H3,(H,35,37)/t29-/m1/s1. The van der Waals surface area contributed by atoms with Gasteiger partial charge in [0.1, 0.15) is 24.7 Å². The summed E-state index contributed by atoms with van der Waals surface area (Å²) in [7, 11) is 0. The van der Waals surface area contributed by atoms with Gasteiger partial charge in [0, 0.05) is 6.54 Å². The molecule has 0 aliphatic rings. The molecule has 0 aromatic heterocycles. The quantitative estimate of drug-likeness (QED) is 0.229. The van der Waals surface area contributed by atoms with Gasteiger partial charge >= 0.3 is 5.97 Å². The highest BCUT2D eigenvalue weighted by atomic mass is 16.5. The number of ether oxygens (including phenoxy) is 3. The molecule has 0 bridgehead atoms. The molecule has 3 N–H and O–H groups in total. The number of rotatable bonds is 16. The molecule has 0 heterocycles. The summed E-state index contributed by atoms with van der Waals surface area (Å²) < 4.78 is 17.3. The lowest BCUT2D eigenvalue weighted by molar-refractivity contribution is -0.117. The van der Waals surface area contributed by atoms with Gasteiger partial charge in [0.15, 0.2) is 0 Å². The summed E-state index contributed by atoms with van der Waals surface area (Å²) in [4.78, 5) is 27.8. The van der Waals surface area contributed by atoms with Crippen LogP contribution >= 0.6 is 0 Å². The number of hydrogen-bond donors (Lipinski definition) is 2. The molecule has 8 heteroatoms. The Hall–Kier alpha value is -3.88. The van der Waals surface area contributed by atoms with Crippen molar-refractivity contribution < 1.29 is 23.8 Å². The lowest BCUT2D eigenvalue weighted by Gasteiger charge is -2.18. The molecule has 0 aliphatic carbocycles. The Morgan fingerprint density at radius 2 is 1.61 bits per heavy atom. The minimum atomic E-state index is -0.784. The third-order valence-electron chi connectivity index (χ3n) is 6.55. The number of carbonyl (C=O) groups excluding carboxylic acids is 2. The highest BCUT2D eigenvalue weighted by Crippen LogP contribution is 2.27. The van der Waals surface area contributed by atoms with Crippen molar-refractivity contribution in [3.05, 3.63) is 89.5 Å². The number of nitrogens with zero attached hydrogens (tertiary/aromatic N) is 1. The number of amides is 1. The van der Waals surface area contributed by atoms with Crippen molar-refractivity contribution in [3.8, 4) is 11.5 Å². The van der Waals surface area contributed by atoms with E-state index in [2.05, 4.69) is 24.1 Å². The second-order valence-electron chi connectivity index (χ2n) is 10.3. The van der Waals surface area contributed by atoms with E-state index in [0.29, 0.717) is 49.8 Å². The Morgan fingerprint density at radius 1 is 0.902 bits per heavy atom. The molecule has 220 valence electrons. The van der Waals surface area contributed by atoms with E-state index in [0.717, 1.165) is 30.0 Å². The van der Waals surface area contributed by atoms with Gasteiger partial charge in [-0.25, -0.2) is 4.79 Å². The van der Waals surface area contributed by atoms with Crippen LogP contribution in [0.2, 0.25) is 0 Å². The first-order valence-corrected chi connectivity index (χ1v) is 14.3. The van der Waals surface area contributed by atoms with Crippen LogP contribution in [0.25, 0.3) is 0 Å². The summed E-state index contributed by atoms with van der Waals surface area (Å²) in [6.45, 7) is 11.9. The van der Waals surface area contributed by atoms with E-state index in [1.807, 2.05) is 68.4 Å². The second kappa shape index (κ2) is 16.4. The third kappa shape index (κ3) is 10.6. The average Bonchev–Trinajstić information content (AvgIpc) is 2.98. The molecule has 0 radical (unpaired) electrons. The number of nitrogens with one attached hydrogen (secondary N) is 1. The van der Waals surface area contributed by atoms with Crippen molar-refractivity contribution in [2.75, 3.05) is 38.2 Å². The van der Waals surface area contributed by atoms with E-state index in [4.69, 9.17) is 19.9 Å². The predicted octanol–water partition coefficient (Wildman–Crippen LogP) is 5.31. The number of esters is 1. The van der Waals surface area contributed by atoms with Gasteiger partial charge in [0.2, 0.25) is 5.91 Å². The van der Waals surface area contributed by atoms with E-state index in [1.54, 1.807) is 18.2 Å². The summed E-state index contributed by atoms with van der Waals surface area (Å²) in [5, 5.41) is 2.87. The monoisotopic (exact) mass is 561 g/mol. The highest BCUT2D eigenvalue weighted by Gasteiger charge is 2.19. The lowest BCUT2D eigenvalue weighted by atomic mass is 10.1. The molecule has 0 spiro atoms. The zero-order chi connectivity index (χ0) is 29.6. The van der Waals surface area contributed by atoms with Gasteiger partial charge in [-0.05, 0) is 66.9 Å². The van der Waals surface area contributed by atoms with E-state index < -0.39 is 12.0 Å². The van der Waals surface area contributed by atoms with Crippen LogP contribution in [0, 0.1) is 5.92 Å². The number of anilines is 1. The average molecular weight is 562 g/mol. The van der Waals surface area contributed by atoms with Crippen LogP contribution in [0.1, 0.15) is 49.2 Å². The molecule has 1 atom stereocenters. The van der Waals surface area contributed by atoms with Crippen molar-refractivity contribution in [1.29, 1.82) is 0 Å².